The van der Waals surface area contributed by atoms with Crippen LogP contribution in [0.5, 0.6) is 0 Å². The molecule has 0 bridgehead atoms. The van der Waals surface area contributed by atoms with Gasteiger partial charge in [-0.2, -0.15) is 13.2 Å². The molecule has 1 spiro atoms. The Hall–Kier alpha value is -2.12. The molecule has 2 fully saturated rings. The zero-order valence-electron chi connectivity index (χ0n) is 16.2. The van der Waals surface area contributed by atoms with Crippen LogP contribution in [-0.2, 0) is 11.0 Å². The molecule has 0 aliphatic carbocycles. The van der Waals surface area contributed by atoms with Crippen molar-refractivity contribution in [2.45, 2.75) is 43.9 Å². The predicted octanol–water partition coefficient (Wildman–Crippen LogP) is 4.52. The number of benzene rings is 1. The standard InChI is InChI=1S/C21H22F3N3O.ClH/c1-13-11-15(14-3-5-16(6-4-14)21(22,23)24)12-17(26-13)18-7-8-20(27(18)2)9-10-25-19(20)28;/h3-6,11-12,18H,7-10H2,1-2H3,(H,25,28);1H/t18-,20-;/m1./s1. The van der Waals surface area contributed by atoms with Gasteiger partial charge in [0.25, 0.3) is 0 Å². The molecule has 2 aromatic rings. The number of likely N-dealkylation sites (tertiary alicyclic amines) is 1. The van der Waals surface area contributed by atoms with Crippen molar-refractivity contribution in [3.63, 3.8) is 0 Å². The number of likely N-dealkylation sites (N-methyl/N-ethyl adjacent to an activating group) is 1. The van der Waals surface area contributed by atoms with Gasteiger partial charge in [0.05, 0.1) is 17.3 Å². The highest BCUT2D eigenvalue weighted by Gasteiger charge is 2.52. The van der Waals surface area contributed by atoms with Crippen molar-refractivity contribution < 1.29 is 18.0 Å². The van der Waals surface area contributed by atoms with E-state index in [0.29, 0.717) is 12.1 Å². The lowest BCUT2D eigenvalue weighted by Gasteiger charge is -2.32. The Balaban J connectivity index is 0.00000240. The Bertz CT molecular complexity index is 916. The van der Waals surface area contributed by atoms with Crippen molar-refractivity contribution in [2.24, 2.45) is 0 Å². The molecule has 0 unspecified atom stereocenters. The summed E-state index contributed by atoms with van der Waals surface area (Å²) in [7, 11) is 1.96. The summed E-state index contributed by atoms with van der Waals surface area (Å²) in [5, 5.41) is 2.93. The number of nitrogens with zero attached hydrogens (tertiary/aromatic N) is 2. The Morgan fingerprint density at radius 2 is 1.83 bits per heavy atom. The Morgan fingerprint density at radius 1 is 1.14 bits per heavy atom. The van der Waals surface area contributed by atoms with Gasteiger partial charge < -0.3 is 5.32 Å². The SMILES string of the molecule is Cc1cc(-c2ccc(C(F)(F)F)cc2)cc([C@H]2CC[C@]3(CCNC3=O)N2C)n1.Cl. The highest BCUT2D eigenvalue weighted by atomic mass is 35.5. The van der Waals surface area contributed by atoms with Crippen LogP contribution < -0.4 is 5.32 Å². The van der Waals surface area contributed by atoms with Gasteiger partial charge in [-0.1, -0.05) is 12.1 Å². The van der Waals surface area contributed by atoms with E-state index in [9.17, 15) is 18.0 Å². The summed E-state index contributed by atoms with van der Waals surface area (Å²) in [6, 6.07) is 9.00. The van der Waals surface area contributed by atoms with Crippen LogP contribution in [-0.4, -0.2) is 34.9 Å². The lowest BCUT2D eigenvalue weighted by molar-refractivity contribution is -0.137. The monoisotopic (exact) mass is 425 g/mol. The third kappa shape index (κ3) is 3.73. The molecule has 4 nitrogen and oxygen atoms in total. The second kappa shape index (κ2) is 7.61. The first-order chi connectivity index (χ1) is 13.2. The summed E-state index contributed by atoms with van der Waals surface area (Å²) in [5.41, 5.74) is 2.08. The Morgan fingerprint density at radius 3 is 2.41 bits per heavy atom. The third-order valence-corrected chi connectivity index (χ3v) is 6.08. The van der Waals surface area contributed by atoms with Crippen LogP contribution in [0.2, 0.25) is 0 Å². The van der Waals surface area contributed by atoms with Crippen LogP contribution >= 0.6 is 12.4 Å². The highest BCUT2D eigenvalue weighted by molar-refractivity contribution is 5.88. The molecule has 8 heteroatoms. The van der Waals surface area contributed by atoms with E-state index >= 15 is 0 Å². The number of amides is 1. The molecule has 2 saturated heterocycles. The second-order valence-electron chi connectivity index (χ2n) is 7.70. The summed E-state index contributed by atoms with van der Waals surface area (Å²) < 4.78 is 38.5. The molecule has 2 aliphatic heterocycles. The molecule has 29 heavy (non-hydrogen) atoms. The van der Waals surface area contributed by atoms with Gasteiger partial charge in [0.15, 0.2) is 0 Å². The molecule has 3 heterocycles. The van der Waals surface area contributed by atoms with E-state index < -0.39 is 17.3 Å². The number of alkyl halides is 3. The van der Waals surface area contributed by atoms with Crippen molar-refractivity contribution in [3.8, 4) is 11.1 Å². The zero-order chi connectivity index (χ0) is 20.1. The molecule has 2 aliphatic rings. The summed E-state index contributed by atoms with van der Waals surface area (Å²) >= 11 is 0. The first-order valence-corrected chi connectivity index (χ1v) is 9.38. The number of rotatable bonds is 2. The number of aryl methyl sites for hydroxylation is 1. The number of carbonyl (C=O) groups excluding carboxylic acids is 1. The average molecular weight is 426 g/mol. The average Bonchev–Trinajstić information content (AvgIpc) is 3.18. The number of aromatic nitrogens is 1. The first kappa shape index (κ1) is 21.6. The number of hydrogen-bond acceptors (Lipinski definition) is 3. The molecule has 1 amide bonds. The third-order valence-electron chi connectivity index (χ3n) is 6.08. The van der Waals surface area contributed by atoms with Crippen LogP contribution in [0.3, 0.4) is 0 Å². The van der Waals surface area contributed by atoms with Crippen LogP contribution in [0.25, 0.3) is 11.1 Å². The van der Waals surface area contributed by atoms with E-state index in [-0.39, 0.29) is 24.4 Å². The minimum atomic E-state index is -4.35. The fraction of sp³-hybridized carbons (Fsp3) is 0.429. The quantitative estimate of drug-likeness (QED) is 0.769. The van der Waals surface area contributed by atoms with Gasteiger partial charge in [-0.3, -0.25) is 14.7 Å². The number of halogens is 4. The van der Waals surface area contributed by atoms with Crippen LogP contribution in [0.1, 0.15) is 42.3 Å². The lowest BCUT2D eigenvalue weighted by atomic mass is 9.95. The van der Waals surface area contributed by atoms with Gasteiger partial charge in [0, 0.05) is 12.2 Å². The number of pyridine rings is 1. The summed E-state index contributed by atoms with van der Waals surface area (Å²) in [4.78, 5) is 19.2. The maximum Gasteiger partial charge on any atom is 0.416 e. The maximum absolute atomic E-state index is 12.8. The summed E-state index contributed by atoms with van der Waals surface area (Å²) in [5.74, 6) is 0.0770. The Kier molecular flexibility index (Phi) is 5.66. The van der Waals surface area contributed by atoms with E-state index in [1.807, 2.05) is 26.1 Å². The van der Waals surface area contributed by atoms with Gasteiger partial charge in [-0.15, -0.1) is 12.4 Å². The first-order valence-electron chi connectivity index (χ1n) is 9.38. The van der Waals surface area contributed by atoms with Crippen molar-refractivity contribution in [1.29, 1.82) is 0 Å². The van der Waals surface area contributed by atoms with E-state index in [1.165, 1.54) is 12.1 Å². The van der Waals surface area contributed by atoms with Gasteiger partial charge in [-0.25, -0.2) is 0 Å². The molecule has 2 atom stereocenters. The van der Waals surface area contributed by atoms with E-state index in [1.54, 1.807) is 0 Å². The molecule has 1 aromatic carbocycles. The molecule has 0 radical (unpaired) electrons. The van der Waals surface area contributed by atoms with Crippen molar-refractivity contribution in [3.05, 3.63) is 53.3 Å². The van der Waals surface area contributed by atoms with E-state index in [0.717, 1.165) is 48.3 Å². The molecule has 4 rings (SSSR count). The predicted molar refractivity (Wildman–Crippen MR) is 107 cm³/mol. The second-order valence-corrected chi connectivity index (χ2v) is 7.70. The zero-order valence-corrected chi connectivity index (χ0v) is 17.0. The van der Waals surface area contributed by atoms with Gasteiger partial charge in [-0.05, 0) is 68.6 Å². The summed E-state index contributed by atoms with van der Waals surface area (Å²) in [6.45, 7) is 2.57. The largest absolute Gasteiger partial charge is 0.416 e. The van der Waals surface area contributed by atoms with Crippen LogP contribution in [0.4, 0.5) is 13.2 Å². The lowest BCUT2D eigenvalue weighted by Crippen LogP contribution is -2.48. The molecular weight excluding hydrogens is 403 g/mol. The molecule has 1 N–H and O–H groups in total. The topological polar surface area (TPSA) is 45.2 Å². The molecule has 0 saturated carbocycles. The minimum Gasteiger partial charge on any atom is -0.354 e. The molecule has 156 valence electrons. The normalized spacial score (nSPS) is 24.6. The summed E-state index contributed by atoms with van der Waals surface area (Å²) in [6.07, 6.45) is -1.95. The fourth-order valence-electron chi connectivity index (χ4n) is 4.51. The van der Waals surface area contributed by atoms with Gasteiger partial charge in [0.2, 0.25) is 5.91 Å². The minimum absolute atomic E-state index is 0. The van der Waals surface area contributed by atoms with Crippen molar-refractivity contribution in [2.75, 3.05) is 13.6 Å². The molecular formula is C21H23ClF3N3O. The van der Waals surface area contributed by atoms with Crippen LogP contribution in [0.15, 0.2) is 36.4 Å². The van der Waals surface area contributed by atoms with Crippen molar-refractivity contribution in [1.82, 2.24) is 15.2 Å². The van der Waals surface area contributed by atoms with E-state index in [2.05, 4.69) is 15.2 Å². The van der Waals surface area contributed by atoms with Gasteiger partial charge in [0.1, 0.15) is 5.54 Å². The number of hydrogen-bond donors (Lipinski definition) is 1. The van der Waals surface area contributed by atoms with Gasteiger partial charge >= 0.3 is 6.18 Å². The Labute approximate surface area is 173 Å². The maximum atomic E-state index is 12.8. The van der Waals surface area contributed by atoms with E-state index in [4.69, 9.17) is 0 Å². The smallest absolute Gasteiger partial charge is 0.354 e. The number of nitrogens with one attached hydrogen (secondary N) is 1. The molecule has 1 aromatic heterocycles. The van der Waals surface area contributed by atoms with Crippen LogP contribution in [0, 0.1) is 6.92 Å². The fourth-order valence-corrected chi connectivity index (χ4v) is 4.51. The number of carbonyl (C=O) groups is 1. The highest BCUT2D eigenvalue weighted by Crippen LogP contribution is 2.45. The van der Waals surface area contributed by atoms with Crippen molar-refractivity contribution >= 4 is 18.3 Å².